The van der Waals surface area contributed by atoms with Crippen LogP contribution in [-0.4, -0.2) is 41.1 Å². The summed E-state index contributed by atoms with van der Waals surface area (Å²) in [4.78, 5) is 23.2. The first-order valence-electron chi connectivity index (χ1n) is 6.07. The summed E-state index contributed by atoms with van der Waals surface area (Å²) < 4.78 is 0. The van der Waals surface area contributed by atoms with Crippen molar-refractivity contribution in [1.82, 2.24) is 0 Å². The zero-order chi connectivity index (χ0) is 13.7. The van der Waals surface area contributed by atoms with Crippen molar-refractivity contribution < 1.29 is 14.7 Å². The lowest BCUT2D eigenvalue weighted by Crippen LogP contribution is -3.17. The molecule has 2 rings (SSSR count). The highest BCUT2D eigenvalue weighted by Gasteiger charge is 2.72. The largest absolute Gasteiger partial charge is 0.325 e. The number of nitro groups is 2. The van der Waals surface area contributed by atoms with Crippen LogP contribution < -0.4 is 4.90 Å². The molecule has 0 spiro atoms. The van der Waals surface area contributed by atoms with Crippen molar-refractivity contribution in [1.29, 1.82) is 0 Å². The third-order valence-corrected chi connectivity index (χ3v) is 4.81. The van der Waals surface area contributed by atoms with E-state index in [4.69, 9.17) is 0 Å². The van der Waals surface area contributed by atoms with Crippen LogP contribution in [0.5, 0.6) is 0 Å². The molecule has 0 radical (unpaired) electrons. The Morgan fingerprint density at radius 3 is 2.33 bits per heavy atom. The number of fused-ring (bicyclic) bond motifs is 2. The molecule has 1 fully saturated rings. The van der Waals surface area contributed by atoms with Gasteiger partial charge < -0.3 is 4.90 Å². The molecular weight excluding hydrogens is 238 g/mol. The van der Waals surface area contributed by atoms with Gasteiger partial charge in [-0.1, -0.05) is 13.0 Å². The van der Waals surface area contributed by atoms with Gasteiger partial charge >= 0.3 is 0 Å². The monoisotopic (exact) mass is 256 g/mol. The van der Waals surface area contributed by atoms with Gasteiger partial charge in [-0.05, 0) is 13.0 Å². The van der Waals surface area contributed by atoms with Crippen molar-refractivity contribution in [2.45, 2.75) is 24.9 Å². The molecule has 0 saturated carbocycles. The van der Waals surface area contributed by atoms with E-state index in [0.29, 0.717) is 13.1 Å². The number of likely N-dealkylation sites (N-methyl/N-ethyl adjacent to an activating group) is 1. The number of hydrogen-bond donors (Lipinski definition) is 1. The molecule has 5 unspecified atom stereocenters. The van der Waals surface area contributed by atoms with Crippen LogP contribution in [0.15, 0.2) is 12.2 Å². The van der Waals surface area contributed by atoms with E-state index in [0.717, 1.165) is 4.90 Å². The van der Waals surface area contributed by atoms with Crippen molar-refractivity contribution in [2.24, 2.45) is 11.8 Å². The zero-order valence-corrected chi connectivity index (χ0v) is 10.8. The number of quaternary nitrogens is 1. The summed E-state index contributed by atoms with van der Waals surface area (Å²) in [6.45, 7) is 4.07. The molecule has 1 N–H and O–H groups in total. The molecule has 5 atom stereocenters. The summed E-state index contributed by atoms with van der Waals surface area (Å²) in [5.74, 6) is -0.885. The normalized spacial score (nSPS) is 46.7. The first kappa shape index (κ1) is 12.9. The van der Waals surface area contributed by atoms with Crippen LogP contribution in [0.4, 0.5) is 0 Å². The minimum atomic E-state index is -1.30. The Kier molecular flexibility index (Phi) is 2.69. The molecule has 1 aliphatic heterocycles. The molecule has 2 aliphatic rings. The van der Waals surface area contributed by atoms with Crippen LogP contribution in [0.1, 0.15) is 13.8 Å². The van der Waals surface area contributed by atoms with Crippen molar-refractivity contribution in [3.63, 3.8) is 0 Å². The summed E-state index contributed by atoms with van der Waals surface area (Å²) in [5.41, 5.74) is -2.54. The Bertz CT molecular complexity index is 438. The average Bonchev–Trinajstić information content (AvgIpc) is 2.26. The first-order valence-corrected chi connectivity index (χ1v) is 6.07. The van der Waals surface area contributed by atoms with Crippen molar-refractivity contribution >= 4 is 0 Å². The number of nitrogens with zero attached hydrogens (tertiary/aromatic N) is 2. The molecular formula is C11H18N3O4+. The van der Waals surface area contributed by atoms with Gasteiger partial charge in [-0.25, -0.2) is 0 Å². The van der Waals surface area contributed by atoms with Gasteiger partial charge in [-0.15, -0.1) is 0 Å². The molecule has 0 aromatic heterocycles. The van der Waals surface area contributed by atoms with E-state index in [2.05, 4.69) is 0 Å². The van der Waals surface area contributed by atoms with E-state index >= 15 is 0 Å². The standard InChI is InChI=1S/C11H17N3O4/c1-8-4-5-10(13(15)16)6-12(3)7-11(8,9(10)2)14(17)18/h4-5,8-9H,6-7H2,1-3H3/p+1. The second-order valence-corrected chi connectivity index (χ2v) is 5.68. The predicted molar refractivity (Wildman–Crippen MR) is 63.5 cm³/mol. The van der Waals surface area contributed by atoms with Crippen molar-refractivity contribution in [3.05, 3.63) is 32.4 Å². The maximum absolute atomic E-state index is 11.6. The van der Waals surface area contributed by atoms with Crippen LogP contribution in [0, 0.1) is 32.1 Å². The minimum absolute atomic E-state index is 0.286. The van der Waals surface area contributed by atoms with Crippen LogP contribution in [0.2, 0.25) is 0 Å². The Morgan fingerprint density at radius 1 is 1.22 bits per heavy atom. The number of rotatable bonds is 2. The molecule has 18 heavy (non-hydrogen) atoms. The summed E-state index contributed by atoms with van der Waals surface area (Å²) in [6.07, 6.45) is 3.23. The van der Waals surface area contributed by atoms with Gasteiger partial charge in [0.2, 0.25) is 0 Å². The van der Waals surface area contributed by atoms with Gasteiger partial charge in [-0.3, -0.25) is 20.2 Å². The topological polar surface area (TPSA) is 90.7 Å². The predicted octanol–water partition coefficient (Wildman–Crippen LogP) is -0.612. The average molecular weight is 256 g/mol. The van der Waals surface area contributed by atoms with Crippen LogP contribution in [0.25, 0.3) is 0 Å². The lowest BCUT2D eigenvalue weighted by Gasteiger charge is -2.47. The number of piperidine rings is 1. The summed E-state index contributed by atoms with van der Waals surface area (Å²) in [7, 11) is 1.79. The highest BCUT2D eigenvalue weighted by atomic mass is 16.6. The lowest BCUT2D eigenvalue weighted by atomic mass is 9.60. The molecule has 2 bridgehead atoms. The first-order chi connectivity index (χ1) is 8.27. The second kappa shape index (κ2) is 3.74. The summed E-state index contributed by atoms with van der Waals surface area (Å²) in [6, 6.07) is 0. The fraction of sp³-hybridized carbons (Fsp3) is 0.818. The Balaban J connectivity index is 2.63. The quantitative estimate of drug-likeness (QED) is 0.405. The highest BCUT2D eigenvalue weighted by molar-refractivity contribution is 5.20. The maximum atomic E-state index is 11.6. The molecule has 0 amide bonds. The zero-order valence-electron chi connectivity index (χ0n) is 10.8. The smallest absolute Gasteiger partial charge is 0.297 e. The van der Waals surface area contributed by atoms with Gasteiger partial charge in [0.1, 0.15) is 12.5 Å². The third kappa shape index (κ3) is 1.33. The SMILES string of the molecule is CC1C=CC2([N+](=O)[O-])C[NH+](C)CC1([N+](=O)[O-])C2C. The van der Waals surface area contributed by atoms with E-state index < -0.39 is 17.0 Å². The molecule has 7 heteroatoms. The minimum Gasteiger partial charge on any atom is -0.325 e. The fourth-order valence-corrected chi connectivity index (χ4v) is 3.68. The third-order valence-electron chi connectivity index (χ3n) is 4.81. The molecule has 0 aromatic rings. The number of likely N-dealkylation sites (tertiary alicyclic amines) is 1. The second-order valence-electron chi connectivity index (χ2n) is 5.68. The van der Waals surface area contributed by atoms with Crippen LogP contribution in [0.3, 0.4) is 0 Å². The molecule has 1 aliphatic carbocycles. The molecule has 1 saturated heterocycles. The van der Waals surface area contributed by atoms with E-state index in [1.165, 1.54) is 0 Å². The van der Waals surface area contributed by atoms with Crippen molar-refractivity contribution in [3.8, 4) is 0 Å². The van der Waals surface area contributed by atoms with Crippen molar-refractivity contribution in [2.75, 3.05) is 20.1 Å². The maximum Gasteiger partial charge on any atom is 0.297 e. The van der Waals surface area contributed by atoms with E-state index in [1.54, 1.807) is 33.0 Å². The Hall–Kier alpha value is -1.50. The lowest BCUT2D eigenvalue weighted by molar-refractivity contribution is -0.931. The molecule has 100 valence electrons. The van der Waals surface area contributed by atoms with Crippen LogP contribution in [-0.2, 0) is 0 Å². The number of nitrogens with one attached hydrogen (secondary N) is 1. The van der Waals surface area contributed by atoms with Gasteiger partial charge in [0, 0.05) is 9.85 Å². The van der Waals surface area contributed by atoms with Crippen LogP contribution >= 0.6 is 0 Å². The van der Waals surface area contributed by atoms with Gasteiger partial charge in [0.05, 0.1) is 13.0 Å². The van der Waals surface area contributed by atoms with Gasteiger partial charge in [0.25, 0.3) is 11.1 Å². The Morgan fingerprint density at radius 2 is 1.83 bits per heavy atom. The molecule has 1 heterocycles. The molecule has 0 aromatic carbocycles. The van der Waals surface area contributed by atoms with Gasteiger partial charge in [0.15, 0.2) is 6.54 Å². The Labute approximate surface area is 105 Å². The number of hydrogen-bond acceptors (Lipinski definition) is 4. The summed E-state index contributed by atoms with van der Waals surface area (Å²) in [5, 5.41) is 23.0. The van der Waals surface area contributed by atoms with Gasteiger partial charge in [-0.2, -0.15) is 0 Å². The summed E-state index contributed by atoms with van der Waals surface area (Å²) >= 11 is 0. The van der Waals surface area contributed by atoms with E-state index in [-0.39, 0.29) is 15.8 Å². The fourth-order valence-electron chi connectivity index (χ4n) is 3.68. The molecule has 7 nitrogen and oxygen atoms in total. The van der Waals surface area contributed by atoms with E-state index in [1.807, 2.05) is 0 Å². The van der Waals surface area contributed by atoms with E-state index in [9.17, 15) is 20.2 Å². The highest BCUT2D eigenvalue weighted by Crippen LogP contribution is 2.44.